The van der Waals surface area contributed by atoms with E-state index in [1.807, 2.05) is 0 Å². The second kappa shape index (κ2) is 2.20. The van der Waals surface area contributed by atoms with Crippen molar-refractivity contribution in [3.8, 4) is 0 Å². The van der Waals surface area contributed by atoms with Crippen LogP contribution < -0.4 is 0 Å². The number of carboxylic acids is 2. The predicted molar refractivity (Wildman–Crippen MR) is 33.1 cm³/mol. The molecule has 0 spiro atoms. The van der Waals surface area contributed by atoms with Crippen molar-refractivity contribution < 1.29 is 24.5 Å². The zero-order valence-electron chi connectivity index (χ0n) is 5.90. The maximum Gasteiger partial charge on any atom is 0.336 e. The van der Waals surface area contributed by atoms with Gasteiger partial charge in [0.2, 0.25) is 0 Å². The van der Waals surface area contributed by atoms with Crippen LogP contribution in [0.25, 0.3) is 0 Å². The molecule has 5 nitrogen and oxygen atoms in total. The van der Waals surface area contributed by atoms with Crippen molar-refractivity contribution in [2.45, 2.75) is 12.0 Å². The summed E-state index contributed by atoms with van der Waals surface area (Å²) in [6.45, 7) is 0. The summed E-state index contributed by atoms with van der Waals surface area (Å²) in [5, 5.41) is 17.0. The third kappa shape index (κ3) is 0.970. The summed E-state index contributed by atoms with van der Waals surface area (Å²) in [6.07, 6.45) is 0.0637. The minimum Gasteiger partial charge on any atom is -0.481 e. The molecule has 11 heavy (non-hydrogen) atoms. The highest BCUT2D eigenvalue weighted by atomic mass is 16.5. The molecule has 0 bridgehead atoms. The molecule has 1 rings (SSSR count). The number of carboxylic acid groups (broad SMARTS) is 2. The fraction of sp³-hybridized carbons (Fsp3) is 0.667. The molecule has 1 saturated carbocycles. The average molecular weight is 160 g/mol. The summed E-state index contributed by atoms with van der Waals surface area (Å²) >= 11 is 0. The molecule has 2 N–H and O–H groups in total. The number of aliphatic carboxylic acids is 2. The van der Waals surface area contributed by atoms with E-state index in [0.29, 0.717) is 0 Å². The largest absolute Gasteiger partial charge is 0.481 e. The molecule has 1 aliphatic carbocycles. The SMILES string of the molecule is COC1(C(=O)O)CC1C(=O)O. The number of methoxy groups -OCH3 is 1. The summed E-state index contributed by atoms with van der Waals surface area (Å²) < 4.78 is 4.60. The Morgan fingerprint density at radius 3 is 2.18 bits per heavy atom. The van der Waals surface area contributed by atoms with Gasteiger partial charge in [-0.1, -0.05) is 0 Å². The lowest BCUT2D eigenvalue weighted by atomic mass is 10.2. The minimum absolute atomic E-state index is 0.0637. The molecule has 0 amide bonds. The highest BCUT2D eigenvalue weighted by Gasteiger charge is 2.65. The van der Waals surface area contributed by atoms with Crippen molar-refractivity contribution in [3.05, 3.63) is 0 Å². The maximum atomic E-state index is 10.4. The first-order valence-electron chi connectivity index (χ1n) is 3.06. The highest BCUT2D eigenvalue weighted by Crippen LogP contribution is 2.46. The lowest BCUT2D eigenvalue weighted by Gasteiger charge is -2.06. The van der Waals surface area contributed by atoms with Gasteiger partial charge in [0.25, 0.3) is 0 Å². The zero-order valence-corrected chi connectivity index (χ0v) is 5.90. The van der Waals surface area contributed by atoms with Gasteiger partial charge in [0.1, 0.15) is 0 Å². The lowest BCUT2D eigenvalue weighted by molar-refractivity contribution is -0.157. The molecule has 0 aromatic heterocycles. The predicted octanol–water partition coefficient (Wildman–Crippen LogP) is -0.439. The molecule has 0 aromatic rings. The Labute approximate surface area is 62.6 Å². The van der Waals surface area contributed by atoms with E-state index in [9.17, 15) is 9.59 Å². The fourth-order valence-electron chi connectivity index (χ4n) is 1.08. The summed E-state index contributed by atoms with van der Waals surface area (Å²) in [4.78, 5) is 20.7. The highest BCUT2D eigenvalue weighted by molar-refractivity contribution is 5.91. The van der Waals surface area contributed by atoms with Crippen LogP contribution in [0.3, 0.4) is 0 Å². The second-order valence-electron chi connectivity index (χ2n) is 2.49. The quantitative estimate of drug-likeness (QED) is 0.584. The molecule has 0 aliphatic heterocycles. The van der Waals surface area contributed by atoms with Gasteiger partial charge in [0.05, 0.1) is 5.92 Å². The lowest BCUT2D eigenvalue weighted by Crippen LogP contribution is -2.29. The standard InChI is InChI=1S/C6H8O5/c1-11-6(5(9)10)2-3(6)4(7)8/h3H,2H2,1H3,(H,7,8)(H,9,10). The second-order valence-corrected chi connectivity index (χ2v) is 2.49. The number of hydrogen-bond donors (Lipinski definition) is 2. The van der Waals surface area contributed by atoms with Crippen molar-refractivity contribution in [2.24, 2.45) is 5.92 Å². The van der Waals surface area contributed by atoms with Crippen LogP contribution in [0.5, 0.6) is 0 Å². The Morgan fingerprint density at radius 2 is 2.09 bits per heavy atom. The van der Waals surface area contributed by atoms with Crippen LogP contribution in [-0.2, 0) is 14.3 Å². The molecule has 5 heteroatoms. The van der Waals surface area contributed by atoms with E-state index in [2.05, 4.69) is 4.74 Å². The molecular formula is C6H8O5. The van der Waals surface area contributed by atoms with E-state index in [-0.39, 0.29) is 6.42 Å². The smallest absolute Gasteiger partial charge is 0.336 e. The van der Waals surface area contributed by atoms with Crippen LogP contribution in [0.2, 0.25) is 0 Å². The van der Waals surface area contributed by atoms with Crippen LogP contribution in [0.1, 0.15) is 6.42 Å². The van der Waals surface area contributed by atoms with Gasteiger partial charge in [-0.3, -0.25) is 4.79 Å². The topological polar surface area (TPSA) is 83.8 Å². The first-order valence-corrected chi connectivity index (χ1v) is 3.06. The van der Waals surface area contributed by atoms with Gasteiger partial charge in [-0.25, -0.2) is 4.79 Å². The summed E-state index contributed by atoms with van der Waals surface area (Å²) in [5.74, 6) is -3.20. The van der Waals surface area contributed by atoms with Gasteiger partial charge in [0.15, 0.2) is 5.60 Å². The molecule has 2 unspecified atom stereocenters. The van der Waals surface area contributed by atoms with E-state index in [1.165, 1.54) is 7.11 Å². The average Bonchev–Trinajstić information content (AvgIpc) is 2.62. The molecule has 0 heterocycles. The Morgan fingerprint density at radius 1 is 1.55 bits per heavy atom. The first-order chi connectivity index (χ1) is 5.04. The maximum absolute atomic E-state index is 10.4. The third-order valence-electron chi connectivity index (χ3n) is 1.93. The van der Waals surface area contributed by atoms with E-state index >= 15 is 0 Å². The molecule has 1 aliphatic rings. The van der Waals surface area contributed by atoms with E-state index in [4.69, 9.17) is 10.2 Å². The molecule has 62 valence electrons. The molecule has 0 radical (unpaired) electrons. The van der Waals surface area contributed by atoms with Gasteiger partial charge in [0, 0.05) is 13.5 Å². The minimum atomic E-state index is -1.45. The Kier molecular flexibility index (Phi) is 1.60. The van der Waals surface area contributed by atoms with Gasteiger partial charge >= 0.3 is 11.9 Å². The monoisotopic (exact) mass is 160 g/mol. The van der Waals surface area contributed by atoms with Crippen molar-refractivity contribution >= 4 is 11.9 Å². The van der Waals surface area contributed by atoms with E-state index in [1.54, 1.807) is 0 Å². The molecule has 0 saturated heterocycles. The van der Waals surface area contributed by atoms with Gasteiger partial charge in [-0.15, -0.1) is 0 Å². The van der Waals surface area contributed by atoms with Crippen LogP contribution in [-0.4, -0.2) is 34.9 Å². The summed E-state index contributed by atoms with van der Waals surface area (Å²) in [7, 11) is 1.21. The normalized spacial score (nSPS) is 34.8. The zero-order chi connectivity index (χ0) is 8.65. The molecular weight excluding hydrogens is 152 g/mol. The van der Waals surface area contributed by atoms with Crippen LogP contribution >= 0.6 is 0 Å². The Hall–Kier alpha value is -1.10. The van der Waals surface area contributed by atoms with Crippen LogP contribution in [0.4, 0.5) is 0 Å². The Balaban J connectivity index is 2.71. The molecule has 0 aromatic carbocycles. The number of rotatable bonds is 3. The number of ether oxygens (including phenoxy) is 1. The van der Waals surface area contributed by atoms with Gasteiger partial charge in [-0.05, 0) is 0 Å². The van der Waals surface area contributed by atoms with Crippen molar-refractivity contribution in [3.63, 3.8) is 0 Å². The van der Waals surface area contributed by atoms with Crippen molar-refractivity contribution in [1.29, 1.82) is 0 Å². The van der Waals surface area contributed by atoms with Gasteiger partial charge in [-0.2, -0.15) is 0 Å². The fourth-order valence-corrected chi connectivity index (χ4v) is 1.08. The van der Waals surface area contributed by atoms with Crippen LogP contribution in [0, 0.1) is 5.92 Å². The first kappa shape index (κ1) is 8.00. The number of carbonyl (C=O) groups is 2. The van der Waals surface area contributed by atoms with E-state index < -0.39 is 23.5 Å². The number of hydrogen-bond acceptors (Lipinski definition) is 3. The molecule has 1 fully saturated rings. The van der Waals surface area contributed by atoms with Crippen molar-refractivity contribution in [2.75, 3.05) is 7.11 Å². The summed E-state index contributed by atoms with van der Waals surface area (Å²) in [6, 6.07) is 0. The van der Waals surface area contributed by atoms with Crippen molar-refractivity contribution in [1.82, 2.24) is 0 Å². The summed E-state index contributed by atoms with van der Waals surface area (Å²) in [5.41, 5.74) is -1.45. The van der Waals surface area contributed by atoms with E-state index in [0.717, 1.165) is 0 Å². The third-order valence-corrected chi connectivity index (χ3v) is 1.93. The van der Waals surface area contributed by atoms with Crippen LogP contribution in [0.15, 0.2) is 0 Å². The Bertz CT molecular complexity index is 211. The molecule has 2 atom stereocenters. The van der Waals surface area contributed by atoms with Gasteiger partial charge < -0.3 is 14.9 Å².